The summed E-state index contributed by atoms with van der Waals surface area (Å²) in [7, 11) is 0. The van der Waals surface area contributed by atoms with E-state index in [9.17, 15) is 24.9 Å². The van der Waals surface area contributed by atoms with Crippen molar-refractivity contribution in [2.75, 3.05) is 6.61 Å². The maximum absolute atomic E-state index is 16.9. The highest BCUT2D eigenvalue weighted by Gasteiger charge is 2.74. The number of carbonyl (C=O) groups excluding carboxylic acids is 2. The molecule has 5 nitrogen and oxygen atoms in total. The van der Waals surface area contributed by atoms with Crippen LogP contribution >= 0.6 is 0 Å². The second-order valence-corrected chi connectivity index (χ2v) is 9.77. The molecule has 0 heterocycles. The Morgan fingerprint density at radius 3 is 2.64 bits per heavy atom. The zero-order valence-corrected chi connectivity index (χ0v) is 16.6. The number of allylic oxidation sites excluding steroid dienone is 4. The van der Waals surface area contributed by atoms with Crippen molar-refractivity contribution in [3.05, 3.63) is 23.8 Å². The minimum atomic E-state index is -1.99. The molecule has 0 aromatic heterocycles. The molecule has 3 fully saturated rings. The summed E-state index contributed by atoms with van der Waals surface area (Å²) in [5.41, 5.74) is -5.14. The number of carbonyl (C=O) groups is 2. The molecule has 0 bridgehead atoms. The first-order chi connectivity index (χ1) is 13.0. The van der Waals surface area contributed by atoms with Gasteiger partial charge in [-0.25, -0.2) is 4.39 Å². The molecule has 4 rings (SSSR count). The molecule has 3 saturated carbocycles. The molecule has 154 valence electrons. The zero-order valence-electron chi connectivity index (χ0n) is 16.6. The number of aliphatic hydroxyl groups is 3. The molecule has 0 aromatic carbocycles. The smallest absolute Gasteiger partial charge is 0.190 e. The summed E-state index contributed by atoms with van der Waals surface area (Å²) in [4.78, 5) is 24.3. The first kappa shape index (κ1) is 19.9. The third-order valence-corrected chi connectivity index (χ3v) is 8.73. The van der Waals surface area contributed by atoms with Gasteiger partial charge in [0.15, 0.2) is 17.2 Å². The lowest BCUT2D eigenvalue weighted by Crippen LogP contribution is -2.69. The molecule has 0 spiro atoms. The number of aliphatic hydroxyl groups excluding tert-OH is 2. The summed E-state index contributed by atoms with van der Waals surface area (Å²) in [6, 6.07) is 0. The SMILES string of the molecule is C[C@H]1CC2C3CC[C@](O)(C(=O)CO)C3(C)CC(O)[C@]2(F)C2(C)C=CC(=O)C=C12. The number of hydrogen-bond acceptors (Lipinski definition) is 5. The Kier molecular flexibility index (Phi) is 4.15. The van der Waals surface area contributed by atoms with Crippen LogP contribution in [-0.2, 0) is 9.59 Å². The maximum atomic E-state index is 16.9. The van der Waals surface area contributed by atoms with Gasteiger partial charge < -0.3 is 15.3 Å². The molecule has 5 unspecified atom stereocenters. The van der Waals surface area contributed by atoms with Gasteiger partial charge in [-0.2, -0.15) is 0 Å². The fraction of sp³-hybridized carbons (Fsp3) is 0.727. The maximum Gasteiger partial charge on any atom is 0.190 e. The van der Waals surface area contributed by atoms with Gasteiger partial charge in [-0.3, -0.25) is 9.59 Å². The highest BCUT2D eigenvalue weighted by molar-refractivity contribution is 6.01. The zero-order chi connectivity index (χ0) is 20.7. The van der Waals surface area contributed by atoms with Gasteiger partial charge in [0.2, 0.25) is 0 Å². The summed E-state index contributed by atoms with van der Waals surface area (Å²) in [5, 5.41) is 31.7. The van der Waals surface area contributed by atoms with Gasteiger partial charge in [-0.1, -0.05) is 25.5 Å². The molecule has 0 saturated heterocycles. The first-order valence-electron chi connectivity index (χ1n) is 10.1. The molecular formula is C22H29FO5. The van der Waals surface area contributed by atoms with E-state index in [0.29, 0.717) is 18.4 Å². The third-order valence-electron chi connectivity index (χ3n) is 8.73. The monoisotopic (exact) mass is 392 g/mol. The largest absolute Gasteiger partial charge is 0.390 e. The van der Waals surface area contributed by atoms with Crippen LogP contribution in [0.5, 0.6) is 0 Å². The molecule has 6 heteroatoms. The standard InChI is InChI=1S/C22H29FO5/c1-12-8-16-14-5-7-21(28,18(27)11-24)20(14,3)10-17(26)22(16,23)19(2)6-4-13(25)9-15(12)19/h4,6,9,12,14,16-17,24,26,28H,5,7-8,10-11H2,1-3H3/t12-,14?,16?,17?,19?,20?,21-,22-/m0/s1. The summed E-state index contributed by atoms with van der Waals surface area (Å²) >= 11 is 0. The minimum absolute atomic E-state index is 0.0513. The average molecular weight is 392 g/mol. The summed E-state index contributed by atoms with van der Waals surface area (Å²) in [6.07, 6.45) is 4.09. The van der Waals surface area contributed by atoms with Crippen LogP contribution < -0.4 is 0 Å². The second-order valence-electron chi connectivity index (χ2n) is 9.77. The van der Waals surface area contributed by atoms with Gasteiger partial charge >= 0.3 is 0 Å². The van der Waals surface area contributed by atoms with E-state index in [4.69, 9.17) is 0 Å². The second kappa shape index (κ2) is 5.83. The van der Waals surface area contributed by atoms with E-state index in [1.807, 2.05) is 6.92 Å². The van der Waals surface area contributed by atoms with Crippen LogP contribution in [0.2, 0.25) is 0 Å². The third kappa shape index (κ3) is 2.06. The van der Waals surface area contributed by atoms with Gasteiger partial charge in [0.1, 0.15) is 12.2 Å². The van der Waals surface area contributed by atoms with E-state index in [-0.39, 0.29) is 30.5 Å². The number of fused-ring (bicyclic) bond motifs is 5. The van der Waals surface area contributed by atoms with Crippen LogP contribution in [0.3, 0.4) is 0 Å². The molecule has 4 aliphatic rings. The average Bonchev–Trinajstić information content (AvgIpc) is 2.91. The molecule has 4 aliphatic carbocycles. The van der Waals surface area contributed by atoms with E-state index in [1.165, 1.54) is 12.2 Å². The van der Waals surface area contributed by atoms with E-state index in [1.54, 1.807) is 19.9 Å². The predicted molar refractivity (Wildman–Crippen MR) is 99.9 cm³/mol. The van der Waals surface area contributed by atoms with E-state index >= 15 is 4.39 Å². The number of Topliss-reactive ketones (excluding diaryl/α,β-unsaturated/α-hetero) is 1. The number of ketones is 2. The van der Waals surface area contributed by atoms with Crippen molar-refractivity contribution in [2.24, 2.45) is 28.6 Å². The Bertz CT molecular complexity index is 805. The fourth-order valence-electron chi connectivity index (χ4n) is 7.19. The Labute approximate surface area is 164 Å². The van der Waals surface area contributed by atoms with Crippen LogP contribution in [0.1, 0.15) is 46.5 Å². The molecule has 0 amide bonds. The molecule has 3 N–H and O–H groups in total. The lowest BCUT2D eigenvalue weighted by molar-refractivity contribution is -0.221. The van der Waals surface area contributed by atoms with Crippen molar-refractivity contribution in [3.63, 3.8) is 0 Å². The van der Waals surface area contributed by atoms with Gasteiger partial charge in [-0.05, 0) is 56.6 Å². The van der Waals surface area contributed by atoms with Crippen LogP contribution in [0.25, 0.3) is 0 Å². The van der Waals surface area contributed by atoms with Crippen molar-refractivity contribution in [1.29, 1.82) is 0 Å². The van der Waals surface area contributed by atoms with Gasteiger partial charge in [-0.15, -0.1) is 0 Å². The van der Waals surface area contributed by atoms with Crippen molar-refractivity contribution in [3.8, 4) is 0 Å². The van der Waals surface area contributed by atoms with Crippen LogP contribution in [-0.4, -0.2) is 50.9 Å². The quantitative estimate of drug-likeness (QED) is 0.667. The number of hydrogen-bond donors (Lipinski definition) is 3. The summed E-state index contributed by atoms with van der Waals surface area (Å²) in [5.74, 6) is -1.73. The molecule has 28 heavy (non-hydrogen) atoms. The van der Waals surface area contributed by atoms with Crippen molar-refractivity contribution in [2.45, 2.75) is 63.8 Å². The highest BCUT2D eigenvalue weighted by Crippen LogP contribution is 2.70. The number of rotatable bonds is 2. The highest BCUT2D eigenvalue weighted by atomic mass is 19.1. The molecule has 0 aromatic rings. The fourth-order valence-corrected chi connectivity index (χ4v) is 7.19. The Balaban J connectivity index is 1.84. The lowest BCUT2D eigenvalue weighted by atomic mass is 9.43. The number of halogens is 1. The van der Waals surface area contributed by atoms with Gasteiger partial charge in [0.25, 0.3) is 0 Å². The molecule has 8 atom stereocenters. The lowest BCUT2D eigenvalue weighted by Gasteiger charge is -2.63. The van der Waals surface area contributed by atoms with Crippen molar-refractivity contribution < 1.29 is 29.3 Å². The van der Waals surface area contributed by atoms with Crippen molar-refractivity contribution in [1.82, 2.24) is 0 Å². The Morgan fingerprint density at radius 2 is 2.00 bits per heavy atom. The van der Waals surface area contributed by atoms with Gasteiger partial charge in [0, 0.05) is 16.7 Å². The summed E-state index contributed by atoms with van der Waals surface area (Å²) < 4.78 is 16.9. The normalized spacial score (nSPS) is 52.5. The van der Waals surface area contributed by atoms with Crippen LogP contribution in [0.15, 0.2) is 23.8 Å². The number of alkyl halides is 1. The van der Waals surface area contributed by atoms with E-state index < -0.39 is 46.5 Å². The molecule has 0 aliphatic heterocycles. The van der Waals surface area contributed by atoms with Crippen LogP contribution in [0, 0.1) is 28.6 Å². The van der Waals surface area contributed by atoms with E-state index in [0.717, 1.165) is 0 Å². The molecule has 0 radical (unpaired) electrons. The molecular weight excluding hydrogens is 363 g/mol. The topological polar surface area (TPSA) is 94.8 Å². The van der Waals surface area contributed by atoms with Crippen LogP contribution in [0.4, 0.5) is 4.39 Å². The van der Waals surface area contributed by atoms with Gasteiger partial charge in [0.05, 0.1) is 6.10 Å². The van der Waals surface area contributed by atoms with Crippen molar-refractivity contribution >= 4 is 11.6 Å². The Hall–Kier alpha value is -1.37. The minimum Gasteiger partial charge on any atom is -0.390 e. The summed E-state index contributed by atoms with van der Waals surface area (Å²) in [6.45, 7) is 4.69. The predicted octanol–water partition coefficient (Wildman–Crippen LogP) is 1.90. The Morgan fingerprint density at radius 1 is 1.32 bits per heavy atom. The van der Waals surface area contributed by atoms with E-state index in [2.05, 4.69) is 0 Å². The first-order valence-corrected chi connectivity index (χ1v) is 10.1.